The van der Waals surface area contributed by atoms with E-state index in [0.29, 0.717) is 16.5 Å². The van der Waals surface area contributed by atoms with E-state index in [2.05, 4.69) is 10.3 Å². The molecule has 1 unspecified atom stereocenters. The van der Waals surface area contributed by atoms with Gasteiger partial charge in [0, 0.05) is 23.2 Å². The molecule has 4 N–H and O–H groups in total. The number of nitrogens with two attached hydrogens (primary N) is 1. The number of amides is 1. The minimum Gasteiger partial charge on any atom is -0.394 e. The molecule has 0 aliphatic heterocycles. The van der Waals surface area contributed by atoms with E-state index in [9.17, 15) is 9.18 Å². The van der Waals surface area contributed by atoms with Gasteiger partial charge in [-0.2, -0.15) is 0 Å². The van der Waals surface area contributed by atoms with Gasteiger partial charge in [-0.05, 0) is 18.2 Å². The lowest BCUT2D eigenvalue weighted by Gasteiger charge is -2.11. The van der Waals surface area contributed by atoms with Crippen LogP contribution in [0.4, 0.5) is 10.1 Å². The van der Waals surface area contributed by atoms with Crippen molar-refractivity contribution in [2.45, 2.75) is 6.04 Å². The molecule has 0 aliphatic rings. The van der Waals surface area contributed by atoms with E-state index in [4.69, 9.17) is 10.8 Å². The highest BCUT2D eigenvalue weighted by Crippen LogP contribution is 2.24. The quantitative estimate of drug-likeness (QED) is 0.744. The molecule has 2 aromatic rings. The van der Waals surface area contributed by atoms with Gasteiger partial charge in [0.15, 0.2) is 0 Å². The Bertz CT molecular complexity index is 589. The van der Waals surface area contributed by atoms with Crippen molar-refractivity contribution >= 4 is 22.4 Å². The maximum atomic E-state index is 13.4. The van der Waals surface area contributed by atoms with Gasteiger partial charge in [0.05, 0.1) is 12.3 Å². The zero-order valence-electron chi connectivity index (χ0n) is 9.43. The van der Waals surface area contributed by atoms with E-state index < -0.39 is 24.4 Å². The lowest BCUT2D eigenvalue weighted by atomic mass is 10.1. The van der Waals surface area contributed by atoms with Crippen LogP contribution in [0.3, 0.4) is 0 Å². The minimum absolute atomic E-state index is 0.307. The lowest BCUT2D eigenvalue weighted by Crippen LogP contribution is -2.38. The molecule has 1 aromatic carbocycles. The molecule has 0 saturated heterocycles. The number of anilines is 1. The number of hydrogen-bond acceptors (Lipinski definition) is 4. The fraction of sp³-hybridized carbons (Fsp3) is 0.167. The number of rotatable bonds is 3. The summed E-state index contributed by atoms with van der Waals surface area (Å²) in [6.45, 7) is -0.472. The first kappa shape index (κ1) is 12.4. The van der Waals surface area contributed by atoms with Crippen LogP contribution in [0.5, 0.6) is 0 Å². The standard InChI is InChI=1S/C12H12FN3O2/c13-8-3-7-5-15-2-1-9(7)11(4-8)16-12(18)10(14)6-17/h1-5,10,17H,6,14H2,(H,16,18). The Morgan fingerprint density at radius 1 is 1.56 bits per heavy atom. The van der Waals surface area contributed by atoms with Crippen molar-refractivity contribution in [3.63, 3.8) is 0 Å². The number of hydrogen-bond donors (Lipinski definition) is 3. The molecule has 1 heterocycles. The second-order valence-electron chi connectivity index (χ2n) is 3.83. The van der Waals surface area contributed by atoms with Crippen LogP contribution in [0.15, 0.2) is 30.6 Å². The number of carbonyl (C=O) groups excluding carboxylic acids is 1. The van der Waals surface area contributed by atoms with Gasteiger partial charge in [0.1, 0.15) is 11.9 Å². The second kappa shape index (κ2) is 5.07. The highest BCUT2D eigenvalue weighted by molar-refractivity contribution is 6.03. The molecule has 18 heavy (non-hydrogen) atoms. The average molecular weight is 249 g/mol. The van der Waals surface area contributed by atoms with Crippen molar-refractivity contribution in [1.29, 1.82) is 0 Å². The van der Waals surface area contributed by atoms with Crippen LogP contribution in [0, 0.1) is 5.82 Å². The fourth-order valence-electron chi connectivity index (χ4n) is 1.58. The van der Waals surface area contributed by atoms with Crippen LogP contribution < -0.4 is 11.1 Å². The predicted octanol–water partition coefficient (Wildman–Crippen LogP) is 0.632. The van der Waals surface area contributed by atoms with Crippen molar-refractivity contribution < 1.29 is 14.3 Å². The molecule has 2 rings (SSSR count). The van der Waals surface area contributed by atoms with Gasteiger partial charge in [-0.3, -0.25) is 9.78 Å². The molecule has 1 atom stereocenters. The van der Waals surface area contributed by atoms with E-state index in [0.717, 1.165) is 0 Å². The topological polar surface area (TPSA) is 88.2 Å². The lowest BCUT2D eigenvalue weighted by molar-refractivity contribution is -0.118. The largest absolute Gasteiger partial charge is 0.394 e. The molecule has 0 saturated carbocycles. The van der Waals surface area contributed by atoms with E-state index >= 15 is 0 Å². The summed E-state index contributed by atoms with van der Waals surface area (Å²) in [5.74, 6) is -1.05. The molecule has 5 nitrogen and oxygen atoms in total. The number of aliphatic hydroxyl groups excluding tert-OH is 1. The first-order valence-electron chi connectivity index (χ1n) is 5.32. The predicted molar refractivity (Wildman–Crippen MR) is 65.4 cm³/mol. The second-order valence-corrected chi connectivity index (χ2v) is 3.83. The highest BCUT2D eigenvalue weighted by atomic mass is 19.1. The molecule has 1 aromatic heterocycles. The molecule has 0 aliphatic carbocycles. The van der Waals surface area contributed by atoms with Gasteiger partial charge in [-0.25, -0.2) is 4.39 Å². The Labute approximate surface area is 102 Å². The number of benzene rings is 1. The number of fused-ring (bicyclic) bond motifs is 1. The van der Waals surface area contributed by atoms with Crippen LogP contribution in [-0.4, -0.2) is 28.6 Å². The van der Waals surface area contributed by atoms with Crippen molar-refractivity contribution in [3.8, 4) is 0 Å². The van der Waals surface area contributed by atoms with Crippen LogP contribution in [0.1, 0.15) is 0 Å². The summed E-state index contributed by atoms with van der Waals surface area (Å²) in [6.07, 6.45) is 3.04. The number of pyridine rings is 1. The Morgan fingerprint density at radius 3 is 3.06 bits per heavy atom. The third-order valence-electron chi connectivity index (χ3n) is 2.51. The first-order valence-corrected chi connectivity index (χ1v) is 5.32. The minimum atomic E-state index is -1.04. The van der Waals surface area contributed by atoms with Gasteiger partial charge in [0.25, 0.3) is 0 Å². The summed E-state index contributed by atoms with van der Waals surface area (Å²) in [5, 5.41) is 12.5. The maximum Gasteiger partial charge on any atom is 0.243 e. The molecular weight excluding hydrogens is 237 g/mol. The van der Waals surface area contributed by atoms with Gasteiger partial charge in [-0.15, -0.1) is 0 Å². The summed E-state index contributed by atoms with van der Waals surface area (Å²) in [4.78, 5) is 15.4. The van der Waals surface area contributed by atoms with Gasteiger partial charge < -0.3 is 16.2 Å². The third kappa shape index (κ3) is 2.44. The molecule has 6 heteroatoms. The zero-order valence-corrected chi connectivity index (χ0v) is 9.43. The summed E-state index contributed by atoms with van der Waals surface area (Å²) < 4.78 is 13.4. The number of carbonyl (C=O) groups is 1. The molecule has 1 amide bonds. The van der Waals surface area contributed by atoms with Crippen molar-refractivity contribution in [3.05, 3.63) is 36.4 Å². The summed E-state index contributed by atoms with van der Waals surface area (Å²) >= 11 is 0. The number of nitrogens with one attached hydrogen (secondary N) is 1. The molecular formula is C12H12FN3O2. The normalized spacial score (nSPS) is 12.4. The summed E-state index contributed by atoms with van der Waals surface area (Å²) in [7, 11) is 0. The Morgan fingerprint density at radius 2 is 2.33 bits per heavy atom. The van der Waals surface area contributed by atoms with Gasteiger partial charge in [-0.1, -0.05) is 0 Å². The summed E-state index contributed by atoms with van der Waals surface area (Å²) in [5.41, 5.74) is 5.69. The molecule has 94 valence electrons. The van der Waals surface area contributed by atoms with Crippen molar-refractivity contribution in [2.24, 2.45) is 5.73 Å². The van der Waals surface area contributed by atoms with E-state index in [1.54, 1.807) is 12.3 Å². The highest BCUT2D eigenvalue weighted by Gasteiger charge is 2.14. The molecule has 0 spiro atoms. The maximum absolute atomic E-state index is 13.4. The first-order chi connectivity index (χ1) is 8.61. The summed E-state index contributed by atoms with van der Waals surface area (Å²) in [6, 6.07) is 3.15. The average Bonchev–Trinajstić information content (AvgIpc) is 2.37. The van der Waals surface area contributed by atoms with Crippen molar-refractivity contribution in [2.75, 3.05) is 11.9 Å². The molecule has 0 fully saturated rings. The molecule has 0 radical (unpaired) electrons. The Hall–Kier alpha value is -2.05. The third-order valence-corrected chi connectivity index (χ3v) is 2.51. The number of aliphatic hydroxyl groups is 1. The van der Waals surface area contributed by atoms with Gasteiger partial charge in [0.2, 0.25) is 5.91 Å². The monoisotopic (exact) mass is 249 g/mol. The van der Waals surface area contributed by atoms with Crippen LogP contribution >= 0.6 is 0 Å². The molecule has 0 bridgehead atoms. The van der Waals surface area contributed by atoms with Crippen molar-refractivity contribution in [1.82, 2.24) is 4.98 Å². The Balaban J connectivity index is 2.41. The van der Waals surface area contributed by atoms with E-state index in [1.165, 1.54) is 18.3 Å². The number of aromatic nitrogens is 1. The SMILES string of the molecule is NC(CO)C(=O)Nc1cc(F)cc2cnccc12. The van der Waals surface area contributed by atoms with E-state index in [-0.39, 0.29) is 0 Å². The smallest absolute Gasteiger partial charge is 0.243 e. The Kier molecular flexibility index (Phi) is 3.50. The zero-order chi connectivity index (χ0) is 13.1. The fourth-order valence-corrected chi connectivity index (χ4v) is 1.58. The number of halogens is 1. The van der Waals surface area contributed by atoms with Crippen LogP contribution in [0.25, 0.3) is 10.8 Å². The van der Waals surface area contributed by atoms with Crippen LogP contribution in [0.2, 0.25) is 0 Å². The van der Waals surface area contributed by atoms with E-state index in [1.807, 2.05) is 0 Å². The number of nitrogens with zero attached hydrogens (tertiary/aromatic N) is 1. The van der Waals surface area contributed by atoms with Crippen LogP contribution in [-0.2, 0) is 4.79 Å². The van der Waals surface area contributed by atoms with Gasteiger partial charge >= 0.3 is 0 Å².